The average molecular weight is 268 g/mol. The van der Waals surface area contributed by atoms with Gasteiger partial charge in [0.2, 0.25) is 0 Å². The molecular weight excluding hydrogens is 244 g/mol. The lowest BCUT2D eigenvalue weighted by atomic mass is 9.80. The van der Waals surface area contributed by atoms with Gasteiger partial charge in [-0.15, -0.1) is 0 Å². The molecule has 0 bridgehead atoms. The molecule has 1 unspecified atom stereocenters. The summed E-state index contributed by atoms with van der Waals surface area (Å²) in [5, 5.41) is 10.2. The second-order valence-electron chi connectivity index (χ2n) is 6.14. The maximum Gasteiger partial charge on any atom is 0.119 e. The van der Waals surface area contributed by atoms with Gasteiger partial charge < -0.3 is 5.11 Å². The van der Waals surface area contributed by atoms with E-state index in [9.17, 15) is 5.11 Å². The van der Waals surface area contributed by atoms with Crippen LogP contribution in [0, 0.1) is 0 Å². The van der Waals surface area contributed by atoms with Crippen molar-refractivity contribution in [1.29, 1.82) is 0 Å². The summed E-state index contributed by atoms with van der Waals surface area (Å²) in [6, 6.07) is 16.4. The molecule has 0 aliphatic heterocycles. The van der Waals surface area contributed by atoms with Crippen molar-refractivity contribution in [3.05, 3.63) is 65.2 Å². The van der Waals surface area contributed by atoms with E-state index in [0.717, 1.165) is 12.0 Å². The van der Waals surface area contributed by atoms with Gasteiger partial charge in [0.1, 0.15) is 5.75 Å². The predicted molar refractivity (Wildman–Crippen MR) is 85.4 cm³/mol. The lowest BCUT2D eigenvalue weighted by molar-refractivity contribution is 0.462. The summed E-state index contributed by atoms with van der Waals surface area (Å²) in [5.74, 6) is 0.584. The zero-order valence-electron chi connectivity index (χ0n) is 12.9. The minimum absolute atomic E-state index is 0.138. The Morgan fingerprint density at radius 2 is 1.70 bits per heavy atom. The van der Waals surface area contributed by atoms with Crippen molar-refractivity contribution < 1.29 is 5.11 Å². The van der Waals surface area contributed by atoms with E-state index in [-0.39, 0.29) is 11.3 Å². The van der Waals surface area contributed by atoms with Crippen molar-refractivity contribution in [1.82, 2.24) is 0 Å². The first-order valence-electron chi connectivity index (χ1n) is 7.34. The van der Waals surface area contributed by atoms with Crippen LogP contribution in [0.2, 0.25) is 0 Å². The van der Waals surface area contributed by atoms with Crippen molar-refractivity contribution >= 4 is 0 Å². The maximum atomic E-state index is 10.2. The molecule has 2 aromatic carbocycles. The Bertz CT molecular complexity index is 570. The van der Waals surface area contributed by atoms with Crippen LogP contribution in [0.4, 0.5) is 0 Å². The lowest BCUT2D eigenvalue weighted by Crippen LogP contribution is -2.16. The Kier molecular flexibility index (Phi) is 4.17. The van der Waals surface area contributed by atoms with E-state index in [1.807, 2.05) is 30.3 Å². The summed E-state index contributed by atoms with van der Waals surface area (Å²) in [6.07, 6.45) is 1.08. The zero-order valence-corrected chi connectivity index (χ0v) is 12.9. The molecular formula is C19H24O. The minimum atomic E-state index is 0.138. The number of rotatable bonds is 4. The SMILES string of the molecule is CCC(C)(C)c1ccc(O)c(C(C)c2ccccc2)c1. The van der Waals surface area contributed by atoms with Crippen molar-refractivity contribution in [3.8, 4) is 5.75 Å². The van der Waals surface area contributed by atoms with E-state index in [1.165, 1.54) is 11.1 Å². The predicted octanol–water partition coefficient (Wildman–Crippen LogP) is 5.23. The van der Waals surface area contributed by atoms with Gasteiger partial charge in [0, 0.05) is 11.5 Å². The smallest absolute Gasteiger partial charge is 0.119 e. The zero-order chi connectivity index (χ0) is 14.8. The van der Waals surface area contributed by atoms with Crippen molar-refractivity contribution in [2.45, 2.75) is 45.4 Å². The Labute approximate surface area is 122 Å². The van der Waals surface area contributed by atoms with Crippen LogP contribution in [0.3, 0.4) is 0 Å². The van der Waals surface area contributed by atoms with Crippen LogP contribution in [0.5, 0.6) is 5.75 Å². The molecule has 0 aliphatic carbocycles. The second-order valence-corrected chi connectivity index (χ2v) is 6.14. The molecule has 0 radical (unpaired) electrons. The van der Waals surface area contributed by atoms with Crippen LogP contribution in [0.15, 0.2) is 48.5 Å². The fraction of sp³-hybridized carbons (Fsp3) is 0.368. The number of aromatic hydroxyl groups is 1. The highest BCUT2D eigenvalue weighted by molar-refractivity contribution is 5.44. The highest BCUT2D eigenvalue weighted by Crippen LogP contribution is 2.35. The molecule has 0 saturated carbocycles. The van der Waals surface area contributed by atoms with Crippen LogP contribution in [-0.4, -0.2) is 5.11 Å². The summed E-state index contributed by atoms with van der Waals surface area (Å²) in [4.78, 5) is 0. The Morgan fingerprint density at radius 1 is 1.05 bits per heavy atom. The van der Waals surface area contributed by atoms with E-state index in [1.54, 1.807) is 0 Å². The molecule has 0 spiro atoms. The third-order valence-electron chi connectivity index (χ3n) is 4.46. The van der Waals surface area contributed by atoms with E-state index in [4.69, 9.17) is 0 Å². The molecule has 0 saturated heterocycles. The molecule has 1 atom stereocenters. The molecule has 0 aliphatic rings. The quantitative estimate of drug-likeness (QED) is 0.804. The molecule has 0 amide bonds. The third-order valence-corrected chi connectivity index (χ3v) is 4.46. The summed E-state index contributed by atoms with van der Waals surface area (Å²) in [5.41, 5.74) is 3.67. The van der Waals surface area contributed by atoms with E-state index < -0.39 is 0 Å². The van der Waals surface area contributed by atoms with Crippen molar-refractivity contribution in [2.75, 3.05) is 0 Å². The number of phenolic OH excluding ortho intramolecular Hbond substituents is 1. The largest absolute Gasteiger partial charge is 0.508 e. The number of hydrogen-bond donors (Lipinski definition) is 1. The van der Waals surface area contributed by atoms with Gasteiger partial charge in [0.15, 0.2) is 0 Å². The first-order chi connectivity index (χ1) is 9.45. The number of phenols is 1. The second kappa shape index (κ2) is 5.70. The highest BCUT2D eigenvalue weighted by atomic mass is 16.3. The van der Waals surface area contributed by atoms with Gasteiger partial charge in [-0.2, -0.15) is 0 Å². The van der Waals surface area contributed by atoms with Crippen LogP contribution in [-0.2, 0) is 5.41 Å². The molecule has 0 heterocycles. The van der Waals surface area contributed by atoms with Crippen LogP contribution in [0.1, 0.15) is 56.7 Å². The molecule has 106 valence electrons. The molecule has 1 nitrogen and oxygen atoms in total. The van der Waals surface area contributed by atoms with Gasteiger partial charge in [-0.05, 0) is 29.0 Å². The molecule has 2 rings (SSSR count). The highest BCUT2D eigenvalue weighted by Gasteiger charge is 2.21. The minimum Gasteiger partial charge on any atom is -0.508 e. The Morgan fingerprint density at radius 3 is 2.30 bits per heavy atom. The van der Waals surface area contributed by atoms with Crippen molar-refractivity contribution in [2.24, 2.45) is 0 Å². The van der Waals surface area contributed by atoms with Gasteiger partial charge in [-0.25, -0.2) is 0 Å². The monoisotopic (exact) mass is 268 g/mol. The number of benzene rings is 2. The topological polar surface area (TPSA) is 20.2 Å². The standard InChI is InChI=1S/C19H24O/c1-5-19(3,4)16-11-12-18(20)17(13-16)14(2)15-9-7-6-8-10-15/h6-14,20H,5H2,1-4H3. The summed E-state index contributed by atoms with van der Waals surface area (Å²) < 4.78 is 0. The molecule has 1 heteroatoms. The molecule has 20 heavy (non-hydrogen) atoms. The Balaban J connectivity index is 2.44. The third kappa shape index (κ3) is 2.87. The molecule has 0 fully saturated rings. The fourth-order valence-electron chi connectivity index (χ4n) is 2.45. The van der Waals surface area contributed by atoms with Gasteiger partial charge in [-0.1, -0.05) is 70.2 Å². The first-order valence-corrected chi connectivity index (χ1v) is 7.34. The van der Waals surface area contributed by atoms with Gasteiger partial charge in [-0.3, -0.25) is 0 Å². The van der Waals surface area contributed by atoms with Crippen molar-refractivity contribution in [3.63, 3.8) is 0 Å². The van der Waals surface area contributed by atoms with Crippen LogP contribution < -0.4 is 0 Å². The lowest BCUT2D eigenvalue weighted by Gasteiger charge is -2.25. The van der Waals surface area contributed by atoms with Gasteiger partial charge in [0.05, 0.1) is 0 Å². The van der Waals surface area contributed by atoms with Gasteiger partial charge >= 0.3 is 0 Å². The van der Waals surface area contributed by atoms with Crippen LogP contribution >= 0.6 is 0 Å². The summed E-state index contributed by atoms with van der Waals surface area (Å²) in [7, 11) is 0. The maximum absolute atomic E-state index is 10.2. The van der Waals surface area contributed by atoms with Gasteiger partial charge in [0.25, 0.3) is 0 Å². The summed E-state index contributed by atoms with van der Waals surface area (Å²) >= 11 is 0. The average Bonchev–Trinajstić information content (AvgIpc) is 2.47. The van der Waals surface area contributed by atoms with E-state index in [0.29, 0.717) is 5.75 Å². The fourth-order valence-corrected chi connectivity index (χ4v) is 2.45. The molecule has 2 aromatic rings. The van der Waals surface area contributed by atoms with Crippen LogP contribution in [0.25, 0.3) is 0 Å². The summed E-state index contributed by atoms with van der Waals surface area (Å²) in [6.45, 7) is 8.84. The molecule has 1 N–H and O–H groups in total. The number of hydrogen-bond acceptors (Lipinski definition) is 1. The van der Waals surface area contributed by atoms with E-state index >= 15 is 0 Å². The normalized spacial score (nSPS) is 13.2. The van der Waals surface area contributed by atoms with E-state index in [2.05, 4.69) is 45.9 Å². The first kappa shape index (κ1) is 14.6. The molecule has 0 aromatic heterocycles. The Hall–Kier alpha value is -1.76.